The van der Waals surface area contributed by atoms with Crippen LogP contribution in [0.1, 0.15) is 33.6 Å². The van der Waals surface area contributed by atoms with E-state index in [-0.39, 0.29) is 5.92 Å². The van der Waals surface area contributed by atoms with Gasteiger partial charge in [-0.15, -0.1) is 0 Å². The van der Waals surface area contributed by atoms with Crippen molar-refractivity contribution in [2.24, 2.45) is 5.92 Å². The van der Waals surface area contributed by atoms with Gasteiger partial charge in [0, 0.05) is 6.54 Å². The van der Waals surface area contributed by atoms with Crippen molar-refractivity contribution in [3.05, 3.63) is 0 Å². The maximum absolute atomic E-state index is 11.5. The van der Waals surface area contributed by atoms with Gasteiger partial charge in [-0.2, -0.15) is 0 Å². The third-order valence-corrected chi connectivity index (χ3v) is 2.20. The molecule has 1 unspecified atom stereocenters. The number of nitrogens with one attached hydrogen (secondary N) is 1. The van der Waals surface area contributed by atoms with Crippen LogP contribution in [-0.2, 0) is 14.3 Å². The van der Waals surface area contributed by atoms with Gasteiger partial charge in [0.25, 0.3) is 0 Å². The number of hydrogen-bond donors (Lipinski definition) is 1. The molecular formula is C11H19NO4. The maximum Gasteiger partial charge on any atom is 0.516 e. The number of carbonyl (C=O) groups is 2. The Morgan fingerprint density at radius 3 is 2.50 bits per heavy atom. The van der Waals surface area contributed by atoms with Crippen LogP contribution in [0.2, 0.25) is 0 Å². The molecule has 1 atom stereocenters. The van der Waals surface area contributed by atoms with Gasteiger partial charge in [0.1, 0.15) is 5.60 Å². The lowest BCUT2D eigenvalue weighted by molar-refractivity contribution is -0.146. The highest BCUT2D eigenvalue weighted by Gasteiger charge is 2.27. The summed E-state index contributed by atoms with van der Waals surface area (Å²) in [6.07, 6.45) is 0.769. The van der Waals surface area contributed by atoms with Gasteiger partial charge in [0.05, 0.1) is 5.92 Å². The first kappa shape index (κ1) is 13.0. The summed E-state index contributed by atoms with van der Waals surface area (Å²) >= 11 is 0. The van der Waals surface area contributed by atoms with Crippen LogP contribution in [0.25, 0.3) is 0 Å². The summed E-state index contributed by atoms with van der Waals surface area (Å²) in [7, 11) is 0. The Morgan fingerprint density at radius 1 is 1.31 bits per heavy atom. The molecule has 0 aromatic rings. The van der Waals surface area contributed by atoms with E-state index in [0.717, 1.165) is 19.4 Å². The summed E-state index contributed by atoms with van der Waals surface area (Å²) in [5.74, 6) is -0.734. The largest absolute Gasteiger partial charge is 0.516 e. The van der Waals surface area contributed by atoms with Crippen LogP contribution in [-0.4, -0.2) is 30.8 Å². The minimum absolute atomic E-state index is 0.235. The number of piperidine rings is 1. The highest BCUT2D eigenvalue weighted by molar-refractivity contribution is 5.83. The third-order valence-electron chi connectivity index (χ3n) is 2.20. The van der Waals surface area contributed by atoms with Crippen molar-refractivity contribution in [3.63, 3.8) is 0 Å². The second-order valence-corrected chi connectivity index (χ2v) is 4.93. The molecule has 5 heteroatoms. The Hall–Kier alpha value is -1.10. The molecule has 1 fully saturated rings. The SMILES string of the molecule is CC(C)(C)OC(=O)OC(=O)C1CCCNC1. The number of carbonyl (C=O) groups excluding carboxylic acids is 2. The Balaban J connectivity index is 2.35. The molecule has 0 saturated carbocycles. The minimum atomic E-state index is -0.914. The van der Waals surface area contributed by atoms with Crippen molar-refractivity contribution >= 4 is 12.1 Å². The molecule has 0 radical (unpaired) electrons. The van der Waals surface area contributed by atoms with Gasteiger partial charge in [-0.3, -0.25) is 4.79 Å². The first-order valence-electron chi connectivity index (χ1n) is 5.54. The summed E-state index contributed by atoms with van der Waals surface area (Å²) in [5, 5.41) is 3.08. The predicted octanol–water partition coefficient (Wildman–Crippen LogP) is 1.46. The minimum Gasteiger partial charge on any atom is -0.428 e. The maximum atomic E-state index is 11.5. The van der Waals surface area contributed by atoms with Gasteiger partial charge >= 0.3 is 12.1 Å². The summed E-state index contributed by atoms with van der Waals surface area (Å²) < 4.78 is 9.52. The second-order valence-electron chi connectivity index (χ2n) is 4.93. The molecule has 0 spiro atoms. The lowest BCUT2D eigenvalue weighted by atomic mass is 10.0. The highest BCUT2D eigenvalue weighted by Crippen LogP contribution is 2.14. The highest BCUT2D eigenvalue weighted by atomic mass is 16.7. The lowest BCUT2D eigenvalue weighted by Crippen LogP contribution is -2.37. The summed E-state index contributed by atoms with van der Waals surface area (Å²) in [6, 6.07) is 0. The second kappa shape index (κ2) is 5.30. The van der Waals surface area contributed by atoms with Crippen LogP contribution in [0.5, 0.6) is 0 Å². The molecule has 0 amide bonds. The molecule has 92 valence electrons. The Bertz CT molecular complexity index is 264. The zero-order chi connectivity index (χ0) is 12.2. The van der Waals surface area contributed by atoms with Crippen LogP contribution in [0.15, 0.2) is 0 Å². The first-order chi connectivity index (χ1) is 7.38. The topological polar surface area (TPSA) is 64.6 Å². The molecule has 5 nitrogen and oxygen atoms in total. The molecule has 0 aromatic heterocycles. The lowest BCUT2D eigenvalue weighted by Gasteiger charge is -2.22. The molecule has 1 aliphatic rings. The molecule has 0 bridgehead atoms. The van der Waals surface area contributed by atoms with Gasteiger partial charge in [0.2, 0.25) is 0 Å². The third kappa shape index (κ3) is 4.61. The fourth-order valence-corrected chi connectivity index (χ4v) is 1.49. The first-order valence-corrected chi connectivity index (χ1v) is 5.54. The zero-order valence-electron chi connectivity index (χ0n) is 10.0. The molecule has 1 N–H and O–H groups in total. The van der Waals surface area contributed by atoms with E-state index < -0.39 is 17.7 Å². The predicted molar refractivity (Wildman–Crippen MR) is 57.9 cm³/mol. The van der Waals surface area contributed by atoms with Gasteiger partial charge in [-0.25, -0.2) is 4.79 Å². The van der Waals surface area contributed by atoms with Crippen molar-refractivity contribution in [3.8, 4) is 0 Å². The van der Waals surface area contributed by atoms with E-state index in [0.29, 0.717) is 6.54 Å². The fraction of sp³-hybridized carbons (Fsp3) is 0.818. The molecule has 0 aliphatic carbocycles. The van der Waals surface area contributed by atoms with E-state index >= 15 is 0 Å². The molecule has 1 aliphatic heterocycles. The molecule has 1 saturated heterocycles. The Kier molecular flexibility index (Phi) is 4.29. The van der Waals surface area contributed by atoms with E-state index in [1.54, 1.807) is 20.8 Å². The Morgan fingerprint density at radius 2 is 2.00 bits per heavy atom. The van der Waals surface area contributed by atoms with E-state index in [2.05, 4.69) is 10.1 Å². The monoisotopic (exact) mass is 229 g/mol. The van der Waals surface area contributed by atoms with Crippen molar-refractivity contribution in [2.45, 2.75) is 39.2 Å². The average molecular weight is 229 g/mol. The number of ether oxygens (including phenoxy) is 2. The van der Waals surface area contributed by atoms with Gasteiger partial charge in [-0.1, -0.05) is 0 Å². The van der Waals surface area contributed by atoms with Crippen LogP contribution in [0.3, 0.4) is 0 Å². The van der Waals surface area contributed by atoms with E-state index in [1.807, 2.05) is 0 Å². The Labute approximate surface area is 95.5 Å². The van der Waals surface area contributed by atoms with E-state index in [9.17, 15) is 9.59 Å². The van der Waals surface area contributed by atoms with Crippen LogP contribution in [0.4, 0.5) is 4.79 Å². The number of esters is 1. The van der Waals surface area contributed by atoms with E-state index in [1.165, 1.54) is 0 Å². The van der Waals surface area contributed by atoms with Crippen molar-refractivity contribution in [2.75, 3.05) is 13.1 Å². The smallest absolute Gasteiger partial charge is 0.428 e. The summed E-state index contributed by atoms with van der Waals surface area (Å²) in [5.41, 5.74) is -0.637. The quantitative estimate of drug-likeness (QED) is 0.545. The van der Waals surface area contributed by atoms with Crippen LogP contribution < -0.4 is 5.32 Å². The zero-order valence-corrected chi connectivity index (χ0v) is 10.0. The summed E-state index contributed by atoms with van der Waals surface area (Å²) in [4.78, 5) is 22.8. The average Bonchev–Trinajstić information content (AvgIpc) is 2.16. The molecule has 1 rings (SSSR count). The normalized spacial score (nSPS) is 21.3. The van der Waals surface area contributed by atoms with Crippen molar-refractivity contribution in [1.29, 1.82) is 0 Å². The van der Waals surface area contributed by atoms with Crippen LogP contribution >= 0.6 is 0 Å². The molecule has 0 aromatic carbocycles. The number of rotatable bonds is 1. The van der Waals surface area contributed by atoms with Crippen molar-refractivity contribution in [1.82, 2.24) is 5.32 Å². The van der Waals surface area contributed by atoms with Crippen LogP contribution in [0, 0.1) is 5.92 Å². The molecule has 16 heavy (non-hydrogen) atoms. The van der Waals surface area contributed by atoms with Gasteiger partial charge in [-0.05, 0) is 40.2 Å². The fourth-order valence-electron chi connectivity index (χ4n) is 1.49. The number of hydrogen-bond acceptors (Lipinski definition) is 5. The molecular weight excluding hydrogens is 210 g/mol. The standard InChI is InChI=1S/C11H19NO4/c1-11(2,3)16-10(14)15-9(13)8-5-4-6-12-7-8/h8,12H,4-7H2,1-3H3. The summed E-state index contributed by atoms with van der Waals surface area (Å²) in [6.45, 7) is 6.65. The van der Waals surface area contributed by atoms with Gasteiger partial charge in [0.15, 0.2) is 0 Å². The van der Waals surface area contributed by atoms with E-state index in [4.69, 9.17) is 4.74 Å². The van der Waals surface area contributed by atoms with Gasteiger partial charge < -0.3 is 14.8 Å². The molecule has 1 heterocycles. The van der Waals surface area contributed by atoms with Crippen molar-refractivity contribution < 1.29 is 19.1 Å².